The van der Waals surface area contributed by atoms with E-state index >= 15 is 0 Å². The number of benzene rings is 2. The Morgan fingerprint density at radius 3 is 2.39 bits per heavy atom. The molecule has 2 N–H and O–H groups in total. The molecule has 2 aromatic carbocycles. The van der Waals surface area contributed by atoms with Crippen molar-refractivity contribution < 1.29 is 27.5 Å². The smallest absolute Gasteiger partial charge is 0.284 e. The Bertz CT molecular complexity index is 1150. The second kappa shape index (κ2) is 9.09. The Kier molecular flexibility index (Phi) is 6.50. The van der Waals surface area contributed by atoms with Crippen LogP contribution < -0.4 is 10.9 Å². The maximum atomic E-state index is 13.8. The van der Waals surface area contributed by atoms with Crippen molar-refractivity contribution in [3.63, 3.8) is 0 Å². The van der Waals surface area contributed by atoms with Crippen LogP contribution >= 0.6 is 0 Å². The van der Waals surface area contributed by atoms with Crippen LogP contribution in [0.25, 0.3) is 16.9 Å². The predicted octanol–water partition coefficient (Wildman–Crippen LogP) is 3.00. The van der Waals surface area contributed by atoms with Gasteiger partial charge in [-0.3, -0.25) is 9.59 Å². The van der Waals surface area contributed by atoms with Crippen molar-refractivity contribution in [1.29, 1.82) is 0 Å². The Labute approximate surface area is 173 Å². The van der Waals surface area contributed by atoms with E-state index in [1.807, 2.05) is 6.92 Å². The molecular weight excluding hydrogens is 418 g/mol. The monoisotopic (exact) mass is 435 g/mol. The highest BCUT2D eigenvalue weighted by molar-refractivity contribution is 5.95. The molecule has 3 aromatic rings. The van der Waals surface area contributed by atoms with Crippen molar-refractivity contribution in [1.82, 2.24) is 15.1 Å². The lowest BCUT2D eigenvalue weighted by atomic mass is 10.1. The molecule has 2 atom stereocenters. The van der Waals surface area contributed by atoms with E-state index < -0.39 is 41.7 Å². The number of hydrogen-bond donors (Lipinski definition) is 2. The summed E-state index contributed by atoms with van der Waals surface area (Å²) in [6.07, 6.45) is -9.03. The summed E-state index contributed by atoms with van der Waals surface area (Å²) in [6.45, 7) is 1.85. The molecule has 162 valence electrons. The molecule has 1 aromatic heterocycles. The average Bonchev–Trinajstić information content (AvgIpc) is 2.73. The zero-order valence-corrected chi connectivity index (χ0v) is 16.1. The van der Waals surface area contributed by atoms with Crippen LogP contribution in [0.1, 0.15) is 15.9 Å². The van der Waals surface area contributed by atoms with Gasteiger partial charge in [-0.2, -0.15) is 9.78 Å². The van der Waals surface area contributed by atoms with Gasteiger partial charge in [0.2, 0.25) is 6.30 Å². The largest absolute Gasteiger partial charge is 0.382 e. The Morgan fingerprint density at radius 1 is 1.10 bits per heavy atom. The van der Waals surface area contributed by atoms with Gasteiger partial charge >= 0.3 is 0 Å². The van der Waals surface area contributed by atoms with E-state index in [0.29, 0.717) is 5.56 Å². The summed E-state index contributed by atoms with van der Waals surface area (Å²) in [6, 6.07) is 12.8. The average molecular weight is 435 g/mol. The zero-order chi connectivity index (χ0) is 22.7. The second-order valence-corrected chi connectivity index (χ2v) is 6.71. The first-order valence-electron chi connectivity index (χ1n) is 9.06. The van der Waals surface area contributed by atoms with Gasteiger partial charge in [-0.1, -0.05) is 35.9 Å². The van der Waals surface area contributed by atoms with Gasteiger partial charge in [-0.25, -0.2) is 17.6 Å². The number of aryl methyl sites for hydroxylation is 1. The summed E-state index contributed by atoms with van der Waals surface area (Å²) < 4.78 is 53.3. The first-order valence-corrected chi connectivity index (χ1v) is 9.06. The molecule has 10 heteroatoms. The lowest BCUT2D eigenvalue weighted by Gasteiger charge is -2.17. The van der Waals surface area contributed by atoms with E-state index in [4.69, 9.17) is 5.11 Å². The summed E-state index contributed by atoms with van der Waals surface area (Å²) in [5.41, 5.74) is -0.108. The molecule has 0 saturated heterocycles. The van der Waals surface area contributed by atoms with Crippen LogP contribution in [-0.4, -0.2) is 39.6 Å². The Hall–Kier alpha value is -3.53. The third-order valence-corrected chi connectivity index (χ3v) is 4.38. The van der Waals surface area contributed by atoms with Gasteiger partial charge in [-0.05, 0) is 31.2 Å². The number of rotatable bonds is 6. The molecule has 0 aliphatic rings. The maximum Gasteiger partial charge on any atom is 0.284 e. The van der Waals surface area contributed by atoms with E-state index in [0.717, 1.165) is 28.4 Å². The number of nitrogens with zero attached hydrogens (tertiary/aromatic N) is 2. The van der Waals surface area contributed by atoms with E-state index in [1.54, 1.807) is 29.6 Å². The van der Waals surface area contributed by atoms with Crippen molar-refractivity contribution in [2.24, 2.45) is 0 Å². The molecule has 0 saturated carbocycles. The molecule has 1 amide bonds. The number of nitrogens with one attached hydrogen (secondary N) is 1. The molecule has 0 aliphatic heterocycles. The topological polar surface area (TPSA) is 84.2 Å². The number of halogens is 4. The summed E-state index contributed by atoms with van der Waals surface area (Å²) in [5.74, 6) is -2.00. The molecule has 1 unspecified atom stereocenters. The molecule has 0 fully saturated rings. The number of aliphatic hydroxyl groups excluding tert-OH is 1. The van der Waals surface area contributed by atoms with Gasteiger partial charge in [0.25, 0.3) is 17.9 Å². The number of carbonyl (C=O) groups is 1. The van der Waals surface area contributed by atoms with Crippen LogP contribution in [0.5, 0.6) is 0 Å². The summed E-state index contributed by atoms with van der Waals surface area (Å²) >= 11 is 0. The third kappa shape index (κ3) is 4.97. The van der Waals surface area contributed by atoms with Crippen LogP contribution in [0.4, 0.5) is 17.6 Å². The molecular formula is C21H17F4N3O3. The number of alkyl halides is 3. The molecule has 0 aliphatic carbocycles. The van der Waals surface area contributed by atoms with Crippen LogP contribution in [0.3, 0.4) is 0 Å². The zero-order valence-electron chi connectivity index (χ0n) is 16.1. The normalized spacial score (nSPS) is 13.1. The number of aliphatic hydroxyl groups is 1. The van der Waals surface area contributed by atoms with E-state index in [2.05, 4.69) is 5.10 Å². The lowest BCUT2D eigenvalue weighted by molar-refractivity contribution is -0.0551. The SMILES string of the molecule is Cc1ccc(-c2cc(C(=O)NC(F)[C@H](O)C(F)F)c(=O)n(-c3cccc(F)c3)n2)cc1. The van der Waals surface area contributed by atoms with Crippen LogP contribution in [-0.2, 0) is 0 Å². The van der Waals surface area contributed by atoms with Crippen molar-refractivity contribution in [2.75, 3.05) is 0 Å². The fourth-order valence-corrected chi connectivity index (χ4v) is 2.72. The molecule has 6 nitrogen and oxygen atoms in total. The number of hydrogen-bond acceptors (Lipinski definition) is 4. The highest BCUT2D eigenvalue weighted by Crippen LogP contribution is 2.19. The van der Waals surface area contributed by atoms with Gasteiger partial charge < -0.3 is 10.4 Å². The highest BCUT2D eigenvalue weighted by atomic mass is 19.3. The van der Waals surface area contributed by atoms with Crippen molar-refractivity contribution >= 4 is 5.91 Å². The Balaban J connectivity index is 2.12. The lowest BCUT2D eigenvalue weighted by Crippen LogP contribution is -2.45. The minimum Gasteiger partial charge on any atom is -0.382 e. The molecule has 3 rings (SSSR count). The van der Waals surface area contributed by atoms with E-state index in [-0.39, 0.29) is 11.4 Å². The first-order chi connectivity index (χ1) is 14.7. The molecule has 31 heavy (non-hydrogen) atoms. The minimum absolute atomic E-state index is 0.00238. The molecule has 0 bridgehead atoms. The highest BCUT2D eigenvalue weighted by Gasteiger charge is 2.30. The second-order valence-electron chi connectivity index (χ2n) is 6.71. The van der Waals surface area contributed by atoms with E-state index in [1.165, 1.54) is 12.1 Å². The molecule has 0 spiro atoms. The number of amides is 1. The molecule has 1 heterocycles. The van der Waals surface area contributed by atoms with Crippen LogP contribution in [0.15, 0.2) is 59.4 Å². The Morgan fingerprint density at radius 2 is 1.77 bits per heavy atom. The van der Waals surface area contributed by atoms with Gasteiger partial charge in [0.15, 0.2) is 6.10 Å². The quantitative estimate of drug-likeness (QED) is 0.461. The maximum absolute atomic E-state index is 13.8. The summed E-state index contributed by atoms with van der Waals surface area (Å²) in [5, 5.41) is 14.8. The fourth-order valence-electron chi connectivity index (χ4n) is 2.72. The van der Waals surface area contributed by atoms with Crippen LogP contribution in [0.2, 0.25) is 0 Å². The standard InChI is InChI=1S/C21H17F4N3O3/c1-11-5-7-12(8-6-11)16-10-15(20(30)26-19(25)17(29)18(23)24)21(31)28(27-16)14-4-2-3-13(22)9-14/h2-10,17-19,29H,1H3,(H,26,30)/t17-,19?/m1/s1. The first kappa shape index (κ1) is 22.2. The third-order valence-electron chi connectivity index (χ3n) is 4.38. The van der Waals surface area contributed by atoms with Crippen molar-refractivity contribution in [3.05, 3.63) is 81.9 Å². The number of carbonyl (C=O) groups excluding carboxylic acids is 1. The van der Waals surface area contributed by atoms with E-state index in [9.17, 15) is 27.2 Å². The number of aromatic nitrogens is 2. The fraction of sp³-hybridized carbons (Fsp3) is 0.190. The van der Waals surface area contributed by atoms with Crippen molar-refractivity contribution in [2.45, 2.75) is 25.7 Å². The van der Waals surface area contributed by atoms with Gasteiger partial charge in [0.1, 0.15) is 11.4 Å². The predicted molar refractivity (Wildman–Crippen MR) is 104 cm³/mol. The van der Waals surface area contributed by atoms with Gasteiger partial charge in [0, 0.05) is 5.56 Å². The van der Waals surface area contributed by atoms with Gasteiger partial charge in [0.05, 0.1) is 11.4 Å². The summed E-state index contributed by atoms with van der Waals surface area (Å²) in [7, 11) is 0. The van der Waals surface area contributed by atoms with Crippen LogP contribution in [0, 0.1) is 12.7 Å². The summed E-state index contributed by atoms with van der Waals surface area (Å²) in [4.78, 5) is 25.3. The minimum atomic E-state index is -3.44. The van der Waals surface area contributed by atoms with Crippen molar-refractivity contribution in [3.8, 4) is 16.9 Å². The molecule has 0 radical (unpaired) electrons. The van der Waals surface area contributed by atoms with Gasteiger partial charge in [-0.15, -0.1) is 0 Å².